The summed E-state index contributed by atoms with van der Waals surface area (Å²) in [5, 5.41) is 5.50. The first-order chi connectivity index (χ1) is 11.2. The number of hydrogen-bond acceptors (Lipinski definition) is 7. The molecule has 10 heteroatoms. The van der Waals surface area contributed by atoms with Crippen LogP contribution in [0.5, 0.6) is 0 Å². The molecule has 1 amide bonds. The molecule has 0 aliphatic carbocycles. The highest BCUT2D eigenvalue weighted by Gasteiger charge is 2.21. The molecule has 0 spiro atoms. The number of carbonyl (C=O) groups is 1. The lowest BCUT2D eigenvalue weighted by atomic mass is 10.2. The van der Waals surface area contributed by atoms with Crippen LogP contribution in [0.15, 0.2) is 5.10 Å². The van der Waals surface area contributed by atoms with Gasteiger partial charge in [0.05, 0.1) is 6.54 Å². The number of amides is 1. The van der Waals surface area contributed by atoms with Gasteiger partial charge < -0.3 is 14.2 Å². The van der Waals surface area contributed by atoms with E-state index in [0.717, 1.165) is 31.7 Å². The van der Waals surface area contributed by atoms with Crippen molar-refractivity contribution in [3.8, 4) is 0 Å². The molecule has 3 N–H and O–H groups in total. The Kier molecular flexibility index (Phi) is 26.2. The highest BCUT2D eigenvalue weighted by molar-refractivity contribution is 5.85. The quantitative estimate of drug-likeness (QED) is 0.257. The minimum absolute atomic E-state index is 0. The van der Waals surface area contributed by atoms with E-state index < -0.39 is 11.7 Å². The smallest absolute Gasteiger partial charge is 0.430 e. The van der Waals surface area contributed by atoms with Crippen LogP contribution in [0.3, 0.4) is 0 Å². The third-order valence-corrected chi connectivity index (χ3v) is 2.31. The third kappa shape index (κ3) is 25.6. The lowest BCUT2D eigenvalue weighted by Gasteiger charge is -2.24. The van der Waals surface area contributed by atoms with E-state index in [-0.39, 0.29) is 24.8 Å². The summed E-state index contributed by atoms with van der Waals surface area (Å²) in [6.07, 6.45) is 1.29. The van der Waals surface area contributed by atoms with Crippen molar-refractivity contribution in [2.45, 2.75) is 53.1 Å². The van der Waals surface area contributed by atoms with E-state index in [2.05, 4.69) is 10.5 Å². The highest BCUT2D eigenvalue weighted by Crippen LogP contribution is 2.10. The monoisotopic (exact) mass is 420 g/mol. The van der Waals surface area contributed by atoms with E-state index in [9.17, 15) is 4.79 Å². The second-order valence-electron chi connectivity index (χ2n) is 6.30. The van der Waals surface area contributed by atoms with E-state index in [1.807, 2.05) is 34.6 Å². The van der Waals surface area contributed by atoms with Crippen LogP contribution in [0.4, 0.5) is 4.79 Å². The van der Waals surface area contributed by atoms with Crippen LogP contribution in [-0.2, 0) is 14.2 Å². The summed E-state index contributed by atoms with van der Waals surface area (Å²) in [7, 11) is 3.31. The molecular weight excluding hydrogens is 383 g/mol. The largest absolute Gasteiger partial charge is 0.442 e. The fraction of sp³-hybridized carbons (Fsp3) is 0.875. The molecule has 160 valence electrons. The summed E-state index contributed by atoms with van der Waals surface area (Å²) in [5.74, 6) is 4.96. The molecule has 8 nitrogen and oxygen atoms in total. The standard InChI is InChI=1S/C12H24N2O3.C4H12N2O.2ClH/c1-10(2)13-14(8-7-9-16-6)11(15)17-12(3,4)5;1-7-4-2-3-6-5;;/h7-9H2,1-6H3;6H,2-5H2,1H3;2*1H. The molecule has 0 fully saturated rings. The molecule has 0 aromatic heterocycles. The Balaban J connectivity index is -0.000000230. The molecule has 0 rings (SSSR count). The van der Waals surface area contributed by atoms with Crippen LogP contribution < -0.4 is 11.3 Å². The lowest BCUT2D eigenvalue weighted by molar-refractivity contribution is 0.0240. The Morgan fingerprint density at radius 3 is 1.96 bits per heavy atom. The second-order valence-corrected chi connectivity index (χ2v) is 6.30. The number of hydrazine groups is 1. The zero-order valence-electron chi connectivity index (χ0n) is 17.2. The summed E-state index contributed by atoms with van der Waals surface area (Å²) < 4.78 is 15.0. The fourth-order valence-corrected chi connectivity index (χ4v) is 1.42. The molecule has 0 saturated heterocycles. The molecule has 0 aromatic carbocycles. The van der Waals surface area contributed by atoms with Crippen molar-refractivity contribution in [2.75, 3.05) is 40.5 Å². The predicted molar refractivity (Wildman–Crippen MR) is 111 cm³/mol. The Bertz CT molecular complexity index is 346. The van der Waals surface area contributed by atoms with Crippen molar-refractivity contribution in [2.24, 2.45) is 10.9 Å². The summed E-state index contributed by atoms with van der Waals surface area (Å²) in [4.78, 5) is 11.8. The zero-order chi connectivity index (χ0) is 19.0. The van der Waals surface area contributed by atoms with Crippen molar-refractivity contribution in [1.29, 1.82) is 0 Å². The average Bonchev–Trinajstić information content (AvgIpc) is 2.45. The van der Waals surface area contributed by atoms with Gasteiger partial charge in [0, 0.05) is 39.7 Å². The van der Waals surface area contributed by atoms with Gasteiger partial charge in [-0.3, -0.25) is 11.3 Å². The maximum Gasteiger partial charge on any atom is 0.430 e. The number of nitrogens with two attached hydrogens (primary N) is 1. The predicted octanol–water partition coefficient (Wildman–Crippen LogP) is 2.99. The van der Waals surface area contributed by atoms with Gasteiger partial charge in [-0.05, 0) is 47.5 Å². The summed E-state index contributed by atoms with van der Waals surface area (Å²) >= 11 is 0. The highest BCUT2D eigenvalue weighted by atomic mass is 35.5. The van der Waals surface area contributed by atoms with Crippen molar-refractivity contribution in [1.82, 2.24) is 10.4 Å². The van der Waals surface area contributed by atoms with Gasteiger partial charge >= 0.3 is 6.09 Å². The molecule has 0 unspecified atom stereocenters. The van der Waals surface area contributed by atoms with E-state index in [4.69, 9.17) is 20.1 Å². The molecule has 0 aromatic rings. The Labute approximate surface area is 171 Å². The topological polar surface area (TPSA) is 98.4 Å². The van der Waals surface area contributed by atoms with E-state index in [1.54, 1.807) is 14.2 Å². The van der Waals surface area contributed by atoms with Crippen LogP contribution in [0, 0.1) is 0 Å². The van der Waals surface area contributed by atoms with Crippen LogP contribution in [0.2, 0.25) is 0 Å². The number of halogens is 2. The Hall–Kier alpha value is -0.640. The number of hydrogen-bond donors (Lipinski definition) is 2. The first kappa shape index (κ1) is 33.0. The van der Waals surface area contributed by atoms with Crippen LogP contribution in [-0.4, -0.2) is 62.9 Å². The van der Waals surface area contributed by atoms with Gasteiger partial charge in [-0.2, -0.15) is 10.1 Å². The van der Waals surface area contributed by atoms with Crippen molar-refractivity contribution < 1.29 is 19.0 Å². The SMILES string of the molecule is COCCCN(N=C(C)C)C(=O)OC(C)(C)C.COCCCNN.Cl.Cl. The fourth-order valence-electron chi connectivity index (χ4n) is 1.42. The summed E-state index contributed by atoms with van der Waals surface area (Å²) in [6.45, 7) is 11.9. The van der Waals surface area contributed by atoms with Crippen molar-refractivity contribution >= 4 is 36.6 Å². The van der Waals surface area contributed by atoms with Crippen LogP contribution in [0.1, 0.15) is 47.5 Å². The molecule has 0 radical (unpaired) electrons. The molecule has 0 aliphatic heterocycles. The lowest BCUT2D eigenvalue weighted by Crippen LogP contribution is -2.35. The number of carbonyl (C=O) groups excluding carboxylic acids is 1. The number of hydrazone groups is 1. The molecule has 0 bridgehead atoms. The van der Waals surface area contributed by atoms with Gasteiger partial charge in [0.15, 0.2) is 0 Å². The second kappa shape index (κ2) is 20.7. The normalized spacial score (nSPS) is 9.69. The number of nitrogens with one attached hydrogen (secondary N) is 1. The van der Waals surface area contributed by atoms with Crippen LogP contribution in [0.25, 0.3) is 0 Å². The number of ether oxygens (including phenoxy) is 3. The van der Waals surface area contributed by atoms with E-state index in [0.29, 0.717) is 13.2 Å². The van der Waals surface area contributed by atoms with Gasteiger partial charge in [-0.1, -0.05) is 0 Å². The summed E-state index contributed by atoms with van der Waals surface area (Å²) in [6, 6.07) is 0. The maximum atomic E-state index is 11.8. The van der Waals surface area contributed by atoms with Crippen molar-refractivity contribution in [3.05, 3.63) is 0 Å². The number of rotatable bonds is 9. The number of methoxy groups -OCH3 is 2. The minimum atomic E-state index is -0.506. The van der Waals surface area contributed by atoms with Gasteiger partial charge in [0.25, 0.3) is 0 Å². The van der Waals surface area contributed by atoms with Crippen LogP contribution >= 0.6 is 24.8 Å². The van der Waals surface area contributed by atoms with Gasteiger partial charge in [0.2, 0.25) is 0 Å². The molecule has 0 heterocycles. The van der Waals surface area contributed by atoms with E-state index >= 15 is 0 Å². The maximum absolute atomic E-state index is 11.8. The first-order valence-corrected chi connectivity index (χ1v) is 8.11. The average molecular weight is 421 g/mol. The zero-order valence-corrected chi connectivity index (χ0v) is 18.8. The van der Waals surface area contributed by atoms with Crippen molar-refractivity contribution in [3.63, 3.8) is 0 Å². The molecule has 0 aliphatic rings. The molecule has 26 heavy (non-hydrogen) atoms. The molecular formula is C16H38Cl2N4O4. The third-order valence-electron chi connectivity index (χ3n) is 2.31. The minimum Gasteiger partial charge on any atom is -0.442 e. The molecule has 0 saturated carbocycles. The van der Waals surface area contributed by atoms with Gasteiger partial charge in [-0.25, -0.2) is 4.79 Å². The Morgan fingerprint density at radius 1 is 1.08 bits per heavy atom. The number of nitrogens with zero attached hydrogens (tertiary/aromatic N) is 2. The summed E-state index contributed by atoms with van der Waals surface area (Å²) in [5.41, 5.74) is 2.83. The Morgan fingerprint density at radius 2 is 1.58 bits per heavy atom. The van der Waals surface area contributed by atoms with Gasteiger partial charge in [0.1, 0.15) is 5.60 Å². The first-order valence-electron chi connectivity index (χ1n) is 8.11. The molecule has 0 atom stereocenters. The van der Waals surface area contributed by atoms with Gasteiger partial charge in [-0.15, -0.1) is 24.8 Å². The van der Waals surface area contributed by atoms with E-state index in [1.165, 1.54) is 5.01 Å².